The molecule has 11 heteroatoms. The zero-order valence-corrected chi connectivity index (χ0v) is 22.0. The molecule has 0 amide bonds. The summed E-state index contributed by atoms with van der Waals surface area (Å²) in [6.45, 7) is 7.07. The zero-order valence-electron chi connectivity index (χ0n) is 20.5. The van der Waals surface area contributed by atoms with E-state index in [1.807, 2.05) is 19.2 Å². The molecule has 37 heavy (non-hydrogen) atoms. The molecule has 0 aliphatic carbocycles. The van der Waals surface area contributed by atoms with Gasteiger partial charge in [-0.1, -0.05) is 29.3 Å². The van der Waals surface area contributed by atoms with E-state index in [-0.39, 0.29) is 11.7 Å². The Kier molecular flexibility index (Phi) is 6.49. The minimum atomic E-state index is -0.244. The fourth-order valence-corrected chi connectivity index (χ4v) is 6.17. The van der Waals surface area contributed by atoms with Crippen LogP contribution in [0.3, 0.4) is 0 Å². The van der Waals surface area contributed by atoms with E-state index < -0.39 is 0 Å². The summed E-state index contributed by atoms with van der Waals surface area (Å²) in [6.07, 6.45) is 7.90. The first-order valence-electron chi connectivity index (χ1n) is 12.5. The van der Waals surface area contributed by atoms with Gasteiger partial charge < -0.3 is 9.88 Å². The van der Waals surface area contributed by atoms with Crippen LogP contribution in [-0.2, 0) is 6.54 Å². The molecule has 1 unspecified atom stereocenters. The van der Waals surface area contributed by atoms with E-state index in [1.54, 1.807) is 29.3 Å². The Labute approximate surface area is 225 Å². The highest BCUT2D eigenvalue weighted by molar-refractivity contribution is 6.35. The van der Waals surface area contributed by atoms with Crippen molar-refractivity contribution in [3.63, 3.8) is 0 Å². The smallest absolute Gasteiger partial charge is 0.190 e. The third-order valence-corrected chi connectivity index (χ3v) is 8.23. The minimum absolute atomic E-state index is 0.244. The van der Waals surface area contributed by atoms with Gasteiger partial charge in [-0.3, -0.25) is 4.90 Å². The van der Waals surface area contributed by atoms with E-state index >= 15 is 0 Å². The van der Waals surface area contributed by atoms with Crippen molar-refractivity contribution in [2.24, 2.45) is 11.8 Å². The molecule has 2 fully saturated rings. The summed E-state index contributed by atoms with van der Waals surface area (Å²) in [4.78, 5) is 21.7. The van der Waals surface area contributed by atoms with Crippen LogP contribution in [0.4, 0.5) is 5.82 Å². The summed E-state index contributed by atoms with van der Waals surface area (Å²) < 4.78 is 1.74. The van der Waals surface area contributed by atoms with Crippen molar-refractivity contribution in [1.82, 2.24) is 34.6 Å². The second kappa shape index (κ2) is 9.93. The van der Waals surface area contributed by atoms with Gasteiger partial charge in [-0.2, -0.15) is 10.4 Å². The van der Waals surface area contributed by atoms with Crippen LogP contribution >= 0.6 is 23.2 Å². The van der Waals surface area contributed by atoms with Crippen molar-refractivity contribution in [3.8, 4) is 6.07 Å². The summed E-state index contributed by atoms with van der Waals surface area (Å²) in [7, 11) is 0. The van der Waals surface area contributed by atoms with E-state index in [9.17, 15) is 5.26 Å². The van der Waals surface area contributed by atoms with Crippen LogP contribution in [0.5, 0.6) is 0 Å². The third kappa shape index (κ3) is 4.65. The van der Waals surface area contributed by atoms with Crippen molar-refractivity contribution in [2.45, 2.75) is 32.4 Å². The lowest BCUT2D eigenvalue weighted by Crippen LogP contribution is -2.53. The van der Waals surface area contributed by atoms with Crippen LogP contribution in [0.15, 0.2) is 36.9 Å². The van der Waals surface area contributed by atoms with Crippen molar-refractivity contribution < 1.29 is 0 Å². The predicted molar refractivity (Wildman–Crippen MR) is 143 cm³/mol. The number of hydrogen-bond acceptors (Lipinski definition) is 7. The first-order valence-corrected chi connectivity index (χ1v) is 13.3. The molecule has 2 aliphatic rings. The number of rotatable bonds is 6. The molecule has 0 radical (unpaired) electrons. The number of halogens is 2. The second-order valence-corrected chi connectivity index (χ2v) is 10.9. The lowest BCUT2D eigenvalue weighted by molar-refractivity contribution is 0.113. The fraction of sp³-hybridized carbons (Fsp3) is 0.423. The summed E-state index contributed by atoms with van der Waals surface area (Å²) in [5.74, 6) is 2.12. The van der Waals surface area contributed by atoms with Crippen molar-refractivity contribution >= 4 is 40.2 Å². The molecule has 3 aromatic heterocycles. The van der Waals surface area contributed by atoms with Gasteiger partial charge in [0.05, 0.1) is 18.6 Å². The van der Waals surface area contributed by atoms with E-state index in [0.29, 0.717) is 33.0 Å². The standard InChI is InChI=1S/C26H27Cl2N9/c1-16(21-5-4-19(27)7-22(21)28)37-26-25(23(8-29)34-37)31-10-24(33-26)36-12-18(13-36)17-3-2-6-35(11-17)14-20-9-30-15-32-20/h4-5,7,9-10,15-18H,2-3,6,11-14H2,1H3,(H,30,32)/t16-,17?/m1/s1. The van der Waals surface area contributed by atoms with Crippen LogP contribution in [-0.4, -0.2) is 60.8 Å². The number of nitrogens with one attached hydrogen (secondary N) is 1. The highest BCUT2D eigenvalue weighted by Crippen LogP contribution is 2.35. The Bertz CT molecular complexity index is 1450. The molecule has 6 rings (SSSR count). The molecule has 4 aromatic rings. The Morgan fingerprint density at radius 2 is 2.05 bits per heavy atom. The average molecular weight is 536 g/mol. The van der Waals surface area contributed by atoms with Crippen molar-refractivity contribution in [2.75, 3.05) is 31.1 Å². The summed E-state index contributed by atoms with van der Waals surface area (Å²) in [5, 5.41) is 15.3. The quantitative estimate of drug-likeness (QED) is 0.382. The number of imidazole rings is 1. The molecule has 2 atom stereocenters. The number of anilines is 1. The van der Waals surface area contributed by atoms with E-state index in [4.69, 9.17) is 28.2 Å². The maximum Gasteiger partial charge on any atom is 0.190 e. The maximum atomic E-state index is 9.65. The number of nitrogens with zero attached hydrogens (tertiary/aromatic N) is 8. The number of likely N-dealkylation sites (tertiary alicyclic amines) is 1. The number of piperidine rings is 1. The lowest BCUT2D eigenvalue weighted by atomic mass is 9.80. The Morgan fingerprint density at radius 3 is 2.81 bits per heavy atom. The van der Waals surface area contributed by atoms with E-state index in [1.165, 1.54) is 18.5 Å². The molecule has 190 valence electrons. The number of hydrogen-bond donors (Lipinski definition) is 1. The van der Waals surface area contributed by atoms with Gasteiger partial charge in [0.15, 0.2) is 11.3 Å². The molecule has 0 bridgehead atoms. The fourth-order valence-electron chi connectivity index (χ4n) is 5.60. The number of benzene rings is 1. The number of H-pyrrole nitrogens is 1. The highest BCUT2D eigenvalue weighted by Gasteiger charge is 2.37. The van der Waals surface area contributed by atoms with Gasteiger partial charge in [-0.25, -0.2) is 19.6 Å². The Balaban J connectivity index is 1.19. The number of aromatic nitrogens is 6. The molecule has 0 saturated carbocycles. The van der Waals surface area contributed by atoms with Crippen LogP contribution < -0.4 is 4.90 Å². The predicted octanol–water partition coefficient (Wildman–Crippen LogP) is 4.69. The monoisotopic (exact) mass is 535 g/mol. The molecule has 0 spiro atoms. The number of aromatic amines is 1. The molecular formula is C26H27Cl2N9. The zero-order chi connectivity index (χ0) is 25.5. The second-order valence-electron chi connectivity index (χ2n) is 10.0. The van der Waals surface area contributed by atoms with E-state index in [0.717, 1.165) is 44.1 Å². The maximum absolute atomic E-state index is 9.65. The van der Waals surface area contributed by atoms with Gasteiger partial charge in [0.25, 0.3) is 0 Å². The van der Waals surface area contributed by atoms with Crippen LogP contribution in [0.2, 0.25) is 10.0 Å². The first kappa shape index (κ1) is 24.2. The van der Waals surface area contributed by atoms with Gasteiger partial charge in [-0.05, 0) is 55.8 Å². The lowest BCUT2D eigenvalue weighted by Gasteiger charge is -2.47. The largest absolute Gasteiger partial charge is 0.355 e. The van der Waals surface area contributed by atoms with Gasteiger partial charge in [0.2, 0.25) is 0 Å². The van der Waals surface area contributed by atoms with Crippen LogP contribution in [0.1, 0.15) is 42.8 Å². The molecule has 2 saturated heterocycles. The van der Waals surface area contributed by atoms with Crippen LogP contribution in [0.25, 0.3) is 11.2 Å². The van der Waals surface area contributed by atoms with Gasteiger partial charge in [-0.15, -0.1) is 0 Å². The van der Waals surface area contributed by atoms with Crippen molar-refractivity contribution in [3.05, 3.63) is 63.9 Å². The average Bonchev–Trinajstić information content (AvgIpc) is 3.50. The van der Waals surface area contributed by atoms with Gasteiger partial charge in [0, 0.05) is 48.1 Å². The van der Waals surface area contributed by atoms with Crippen LogP contribution in [0, 0.1) is 23.2 Å². The summed E-state index contributed by atoms with van der Waals surface area (Å²) >= 11 is 12.6. The van der Waals surface area contributed by atoms with E-state index in [2.05, 4.69) is 35.9 Å². The summed E-state index contributed by atoms with van der Waals surface area (Å²) in [6, 6.07) is 7.30. The molecule has 2 aliphatic heterocycles. The SMILES string of the molecule is C[C@H](c1ccc(Cl)cc1Cl)n1nc(C#N)c2ncc(N3CC(C4CCCN(Cc5cnc[nH]5)C4)C3)nc21. The Hall–Kier alpha value is -3.19. The molecular weight excluding hydrogens is 509 g/mol. The Morgan fingerprint density at radius 1 is 1.19 bits per heavy atom. The third-order valence-electron chi connectivity index (χ3n) is 7.67. The normalized spacial score (nSPS) is 19.6. The molecule has 1 N–H and O–H groups in total. The summed E-state index contributed by atoms with van der Waals surface area (Å²) in [5.41, 5.74) is 3.36. The molecule has 9 nitrogen and oxygen atoms in total. The van der Waals surface area contributed by atoms with Crippen molar-refractivity contribution in [1.29, 1.82) is 5.26 Å². The number of fused-ring (bicyclic) bond motifs is 1. The topological polar surface area (TPSA) is 103 Å². The van der Waals surface area contributed by atoms with Gasteiger partial charge >= 0.3 is 0 Å². The number of nitriles is 1. The first-order chi connectivity index (χ1) is 18.0. The van der Waals surface area contributed by atoms with Gasteiger partial charge in [0.1, 0.15) is 17.4 Å². The minimum Gasteiger partial charge on any atom is -0.355 e. The molecule has 5 heterocycles. The molecule has 1 aromatic carbocycles. The highest BCUT2D eigenvalue weighted by atomic mass is 35.5.